The van der Waals surface area contributed by atoms with Crippen molar-refractivity contribution in [3.05, 3.63) is 29.8 Å². The molecule has 1 aromatic carbocycles. The Balaban J connectivity index is 1.89. The third-order valence-corrected chi connectivity index (χ3v) is 5.87. The highest BCUT2D eigenvalue weighted by Gasteiger charge is 2.41. The molecule has 1 fully saturated rings. The van der Waals surface area contributed by atoms with Gasteiger partial charge in [-0.1, -0.05) is 38.0 Å². The van der Waals surface area contributed by atoms with Gasteiger partial charge in [0.25, 0.3) is 0 Å². The molecule has 2 rings (SSSR count). The molecular formula is C22H33NO5. The number of hydrogen-bond donors (Lipinski definition) is 0. The highest BCUT2D eigenvalue weighted by atomic mass is 16.7. The molecule has 1 amide bonds. The average molecular weight is 392 g/mol. The molecule has 0 radical (unpaired) electrons. The quantitative estimate of drug-likeness (QED) is 0.480. The molecule has 6 heteroatoms. The van der Waals surface area contributed by atoms with Gasteiger partial charge in [-0.05, 0) is 44.2 Å². The predicted molar refractivity (Wildman–Crippen MR) is 107 cm³/mol. The van der Waals surface area contributed by atoms with Crippen molar-refractivity contribution < 1.29 is 23.8 Å². The number of carbonyl (C=O) groups excluding carboxylic acids is 2. The number of benzene rings is 1. The first-order valence-electron chi connectivity index (χ1n) is 10.1. The average Bonchev–Trinajstić information content (AvgIpc) is 3.18. The lowest BCUT2D eigenvalue weighted by molar-refractivity contribution is -0.178. The van der Waals surface area contributed by atoms with E-state index < -0.39 is 17.8 Å². The Morgan fingerprint density at radius 3 is 2.39 bits per heavy atom. The molecule has 6 nitrogen and oxygen atoms in total. The van der Waals surface area contributed by atoms with Gasteiger partial charge in [-0.3, -0.25) is 4.79 Å². The van der Waals surface area contributed by atoms with Crippen LogP contribution < -0.4 is 4.74 Å². The summed E-state index contributed by atoms with van der Waals surface area (Å²) in [5, 5.41) is 0. The van der Waals surface area contributed by atoms with Crippen molar-refractivity contribution in [2.24, 2.45) is 5.41 Å². The van der Waals surface area contributed by atoms with Crippen LogP contribution >= 0.6 is 0 Å². The van der Waals surface area contributed by atoms with Crippen molar-refractivity contribution in [3.63, 3.8) is 0 Å². The van der Waals surface area contributed by atoms with Crippen LogP contribution in [0, 0.1) is 5.41 Å². The van der Waals surface area contributed by atoms with Crippen LogP contribution in [0.3, 0.4) is 0 Å². The van der Waals surface area contributed by atoms with Crippen LogP contribution in [0.5, 0.6) is 5.75 Å². The minimum absolute atomic E-state index is 0.108. The van der Waals surface area contributed by atoms with Gasteiger partial charge in [0.2, 0.25) is 6.29 Å². The van der Waals surface area contributed by atoms with Crippen molar-refractivity contribution in [1.82, 2.24) is 4.90 Å². The monoisotopic (exact) mass is 391 g/mol. The Bertz CT molecular complexity index is 669. The molecule has 28 heavy (non-hydrogen) atoms. The summed E-state index contributed by atoms with van der Waals surface area (Å²) in [7, 11) is 3.31. The van der Waals surface area contributed by atoms with E-state index in [4.69, 9.17) is 14.2 Å². The SMILES string of the molecule is CCC1(C(=O)OC(C)OC(=O)N(C)C(C)Cc2ccccc2OC)CCCC1. The van der Waals surface area contributed by atoms with Crippen LogP contribution in [0.1, 0.15) is 58.4 Å². The van der Waals surface area contributed by atoms with Crippen molar-refractivity contribution >= 4 is 12.1 Å². The number of carbonyl (C=O) groups is 2. The number of methoxy groups -OCH3 is 1. The zero-order chi connectivity index (χ0) is 20.7. The number of para-hydroxylation sites is 1. The smallest absolute Gasteiger partial charge is 0.412 e. The van der Waals surface area contributed by atoms with Crippen LogP contribution in [0.15, 0.2) is 24.3 Å². The van der Waals surface area contributed by atoms with Crippen LogP contribution in [-0.2, 0) is 20.7 Å². The largest absolute Gasteiger partial charge is 0.496 e. The number of likely N-dealkylation sites (N-methyl/N-ethyl adjacent to an activating group) is 1. The summed E-state index contributed by atoms with van der Waals surface area (Å²) in [6.45, 7) is 5.54. The van der Waals surface area contributed by atoms with E-state index in [1.807, 2.05) is 38.1 Å². The van der Waals surface area contributed by atoms with Gasteiger partial charge in [0.1, 0.15) is 5.75 Å². The predicted octanol–water partition coefficient (Wildman–Crippen LogP) is 4.55. The first-order chi connectivity index (χ1) is 13.3. The van der Waals surface area contributed by atoms with Crippen LogP contribution in [0.4, 0.5) is 4.79 Å². The maximum atomic E-state index is 12.6. The lowest BCUT2D eigenvalue weighted by Gasteiger charge is -2.29. The Kier molecular flexibility index (Phi) is 7.72. The third-order valence-electron chi connectivity index (χ3n) is 5.87. The number of ether oxygens (including phenoxy) is 3. The van der Waals surface area contributed by atoms with E-state index in [1.165, 1.54) is 4.90 Å². The van der Waals surface area contributed by atoms with E-state index in [2.05, 4.69) is 0 Å². The standard InChI is InChI=1S/C22H33NO5/c1-6-22(13-9-10-14-22)20(24)27-17(3)28-21(25)23(4)16(2)15-18-11-7-8-12-19(18)26-5/h7-8,11-12,16-17H,6,9-10,13-15H2,1-5H3. The molecule has 0 saturated heterocycles. The molecule has 1 aliphatic rings. The molecule has 0 heterocycles. The van der Waals surface area contributed by atoms with Crippen molar-refractivity contribution in [2.45, 2.75) is 71.6 Å². The van der Waals surface area contributed by atoms with E-state index in [-0.39, 0.29) is 12.0 Å². The fraction of sp³-hybridized carbons (Fsp3) is 0.636. The number of esters is 1. The molecule has 0 N–H and O–H groups in total. The Hall–Kier alpha value is -2.24. The summed E-state index contributed by atoms with van der Waals surface area (Å²) in [6, 6.07) is 7.62. The number of rotatable bonds is 8. The van der Waals surface area contributed by atoms with E-state index in [1.54, 1.807) is 21.1 Å². The summed E-state index contributed by atoms with van der Waals surface area (Å²) in [5.41, 5.74) is 0.603. The fourth-order valence-corrected chi connectivity index (χ4v) is 3.79. The number of hydrogen-bond acceptors (Lipinski definition) is 5. The molecule has 1 aromatic rings. The van der Waals surface area contributed by atoms with E-state index in [0.29, 0.717) is 6.42 Å². The topological polar surface area (TPSA) is 65.1 Å². The summed E-state index contributed by atoms with van der Waals surface area (Å²) in [4.78, 5) is 26.6. The second-order valence-corrected chi connectivity index (χ2v) is 7.67. The Morgan fingerprint density at radius 1 is 1.14 bits per heavy atom. The first kappa shape index (κ1) is 22.1. The third kappa shape index (κ3) is 5.18. The van der Waals surface area contributed by atoms with Gasteiger partial charge in [0.05, 0.1) is 12.5 Å². The van der Waals surface area contributed by atoms with Gasteiger partial charge in [0.15, 0.2) is 0 Å². The van der Waals surface area contributed by atoms with E-state index in [9.17, 15) is 9.59 Å². The van der Waals surface area contributed by atoms with Gasteiger partial charge in [-0.15, -0.1) is 0 Å². The molecule has 156 valence electrons. The molecule has 2 unspecified atom stereocenters. The molecular weight excluding hydrogens is 358 g/mol. The maximum absolute atomic E-state index is 12.6. The van der Waals surface area contributed by atoms with Gasteiger partial charge < -0.3 is 19.1 Å². The fourth-order valence-electron chi connectivity index (χ4n) is 3.79. The van der Waals surface area contributed by atoms with Crippen molar-refractivity contribution in [2.75, 3.05) is 14.2 Å². The number of nitrogens with zero attached hydrogens (tertiary/aromatic N) is 1. The molecule has 0 bridgehead atoms. The summed E-state index contributed by atoms with van der Waals surface area (Å²) in [6.07, 6.45) is 3.73. The molecule has 1 saturated carbocycles. The maximum Gasteiger partial charge on any atom is 0.412 e. The molecule has 0 spiro atoms. The van der Waals surface area contributed by atoms with Gasteiger partial charge in [0, 0.05) is 20.0 Å². The first-order valence-corrected chi connectivity index (χ1v) is 10.1. The van der Waals surface area contributed by atoms with Crippen LogP contribution in [0.25, 0.3) is 0 Å². The normalized spacial score (nSPS) is 17.5. The minimum Gasteiger partial charge on any atom is -0.496 e. The molecule has 1 aliphatic carbocycles. The second-order valence-electron chi connectivity index (χ2n) is 7.67. The second kappa shape index (κ2) is 9.80. The lowest BCUT2D eigenvalue weighted by atomic mass is 9.83. The minimum atomic E-state index is -0.912. The molecule has 2 atom stereocenters. The van der Waals surface area contributed by atoms with Crippen molar-refractivity contribution in [1.29, 1.82) is 0 Å². The van der Waals surface area contributed by atoms with Gasteiger partial charge in [-0.2, -0.15) is 0 Å². The van der Waals surface area contributed by atoms with Crippen molar-refractivity contribution in [3.8, 4) is 5.75 Å². The lowest BCUT2D eigenvalue weighted by Crippen LogP contribution is -2.40. The van der Waals surface area contributed by atoms with E-state index >= 15 is 0 Å². The zero-order valence-corrected chi connectivity index (χ0v) is 17.7. The van der Waals surface area contributed by atoms with E-state index in [0.717, 1.165) is 43.4 Å². The van der Waals surface area contributed by atoms with Crippen LogP contribution in [-0.4, -0.2) is 43.5 Å². The summed E-state index contributed by atoms with van der Waals surface area (Å²) in [5.74, 6) is 0.539. The Labute approximate surface area is 168 Å². The number of amides is 1. The highest BCUT2D eigenvalue weighted by molar-refractivity contribution is 5.77. The highest BCUT2D eigenvalue weighted by Crippen LogP contribution is 2.42. The Morgan fingerprint density at radius 2 is 1.79 bits per heavy atom. The van der Waals surface area contributed by atoms with Gasteiger partial charge in [-0.25, -0.2) is 4.79 Å². The molecule has 0 aromatic heterocycles. The zero-order valence-electron chi connectivity index (χ0n) is 17.7. The molecule has 0 aliphatic heterocycles. The summed E-state index contributed by atoms with van der Waals surface area (Å²) < 4.78 is 16.2. The van der Waals surface area contributed by atoms with Crippen LogP contribution in [0.2, 0.25) is 0 Å². The van der Waals surface area contributed by atoms with Gasteiger partial charge >= 0.3 is 12.1 Å². The summed E-state index contributed by atoms with van der Waals surface area (Å²) >= 11 is 0.